The highest BCUT2D eigenvalue weighted by atomic mass is 32.1. The summed E-state index contributed by atoms with van der Waals surface area (Å²) in [4.78, 5) is 28.8. The number of H-pyrrole nitrogens is 1. The van der Waals surface area contributed by atoms with E-state index in [0.29, 0.717) is 6.54 Å². The SMILES string of the molecule is Cc1sc2nc(CN3CCN(C(=S)NCCCN(C)C)CC3)[nH]c(=O)c2c1C. The maximum absolute atomic E-state index is 12.4. The molecule has 2 aromatic heterocycles. The molecule has 1 aliphatic heterocycles. The second-order valence-electron chi connectivity index (χ2n) is 7.63. The number of thiophene rings is 1. The van der Waals surface area contributed by atoms with E-state index in [1.807, 2.05) is 13.8 Å². The molecular weight excluding hydrogens is 392 g/mol. The third-order valence-corrected chi connectivity index (χ3v) is 6.68. The maximum Gasteiger partial charge on any atom is 0.259 e. The first-order valence-corrected chi connectivity index (χ1v) is 11.0. The van der Waals surface area contributed by atoms with Gasteiger partial charge in [0, 0.05) is 37.6 Å². The highest BCUT2D eigenvalue weighted by molar-refractivity contribution is 7.80. The van der Waals surface area contributed by atoms with Gasteiger partial charge in [-0.15, -0.1) is 11.3 Å². The lowest BCUT2D eigenvalue weighted by atomic mass is 10.2. The van der Waals surface area contributed by atoms with Crippen LogP contribution in [0.1, 0.15) is 22.7 Å². The monoisotopic (exact) mass is 422 g/mol. The molecule has 1 fully saturated rings. The summed E-state index contributed by atoms with van der Waals surface area (Å²) in [5.41, 5.74) is 1.02. The minimum absolute atomic E-state index is 0.0245. The third kappa shape index (κ3) is 5.08. The molecule has 0 spiro atoms. The minimum atomic E-state index is -0.0245. The Balaban J connectivity index is 1.51. The van der Waals surface area contributed by atoms with Crippen LogP contribution in [-0.4, -0.2) is 83.1 Å². The zero-order chi connectivity index (χ0) is 20.3. The van der Waals surface area contributed by atoms with Gasteiger partial charge in [0.05, 0.1) is 11.9 Å². The van der Waals surface area contributed by atoms with E-state index in [9.17, 15) is 4.79 Å². The van der Waals surface area contributed by atoms with Gasteiger partial charge in [-0.25, -0.2) is 4.98 Å². The van der Waals surface area contributed by atoms with Crippen molar-refractivity contribution in [2.75, 3.05) is 53.4 Å². The van der Waals surface area contributed by atoms with Gasteiger partial charge in [0.25, 0.3) is 5.56 Å². The molecule has 0 bridgehead atoms. The zero-order valence-corrected chi connectivity index (χ0v) is 18.8. The number of hydrogen-bond donors (Lipinski definition) is 2. The van der Waals surface area contributed by atoms with Gasteiger partial charge >= 0.3 is 0 Å². The number of nitrogens with one attached hydrogen (secondary N) is 2. The van der Waals surface area contributed by atoms with Gasteiger partial charge in [0.15, 0.2) is 5.11 Å². The summed E-state index contributed by atoms with van der Waals surface area (Å²) in [7, 11) is 4.16. The lowest BCUT2D eigenvalue weighted by Crippen LogP contribution is -2.51. The number of nitrogens with zero attached hydrogens (tertiary/aromatic N) is 4. The Labute approximate surface area is 175 Å². The van der Waals surface area contributed by atoms with Crippen molar-refractivity contribution in [1.29, 1.82) is 0 Å². The number of aromatic amines is 1. The van der Waals surface area contributed by atoms with Gasteiger partial charge in [-0.05, 0) is 58.7 Å². The highest BCUT2D eigenvalue weighted by Crippen LogP contribution is 2.25. The van der Waals surface area contributed by atoms with Crippen molar-refractivity contribution in [2.24, 2.45) is 0 Å². The molecule has 1 saturated heterocycles. The predicted molar refractivity (Wildman–Crippen MR) is 120 cm³/mol. The van der Waals surface area contributed by atoms with Crippen LogP contribution in [-0.2, 0) is 6.54 Å². The molecule has 0 unspecified atom stereocenters. The number of piperazine rings is 1. The molecule has 0 aromatic carbocycles. The molecular formula is C19H30N6OS2. The quantitative estimate of drug-likeness (QED) is 0.541. The van der Waals surface area contributed by atoms with Crippen molar-refractivity contribution in [3.05, 3.63) is 26.6 Å². The summed E-state index contributed by atoms with van der Waals surface area (Å²) in [6.45, 7) is 10.3. The summed E-state index contributed by atoms with van der Waals surface area (Å²) >= 11 is 7.13. The number of fused-ring (bicyclic) bond motifs is 1. The number of hydrogen-bond acceptors (Lipinski definition) is 6. The Hall–Kier alpha value is -1.55. The van der Waals surface area contributed by atoms with E-state index in [1.54, 1.807) is 11.3 Å². The Morgan fingerprint density at radius 1 is 1.29 bits per heavy atom. The largest absolute Gasteiger partial charge is 0.363 e. The maximum atomic E-state index is 12.4. The van der Waals surface area contributed by atoms with E-state index in [-0.39, 0.29) is 5.56 Å². The minimum Gasteiger partial charge on any atom is -0.363 e. The lowest BCUT2D eigenvalue weighted by molar-refractivity contribution is 0.171. The average molecular weight is 423 g/mol. The van der Waals surface area contributed by atoms with Crippen molar-refractivity contribution in [2.45, 2.75) is 26.8 Å². The van der Waals surface area contributed by atoms with Gasteiger partial charge < -0.3 is 20.1 Å². The Morgan fingerprint density at radius 2 is 2.00 bits per heavy atom. The summed E-state index contributed by atoms with van der Waals surface area (Å²) in [5.74, 6) is 0.747. The van der Waals surface area contributed by atoms with Crippen LogP contribution in [0.4, 0.5) is 0 Å². The number of aryl methyl sites for hydroxylation is 2. The van der Waals surface area contributed by atoms with Crippen LogP contribution in [0.15, 0.2) is 4.79 Å². The molecule has 154 valence electrons. The van der Waals surface area contributed by atoms with Crippen molar-refractivity contribution in [3.8, 4) is 0 Å². The van der Waals surface area contributed by atoms with Gasteiger partial charge in [0.1, 0.15) is 10.7 Å². The second kappa shape index (κ2) is 9.30. The first kappa shape index (κ1) is 21.2. The van der Waals surface area contributed by atoms with E-state index in [2.05, 4.69) is 39.1 Å². The highest BCUT2D eigenvalue weighted by Gasteiger charge is 2.20. The molecule has 0 saturated carbocycles. The molecule has 2 N–H and O–H groups in total. The molecule has 28 heavy (non-hydrogen) atoms. The van der Waals surface area contributed by atoms with Crippen LogP contribution in [0, 0.1) is 13.8 Å². The van der Waals surface area contributed by atoms with Crippen molar-refractivity contribution in [3.63, 3.8) is 0 Å². The summed E-state index contributed by atoms with van der Waals surface area (Å²) in [5, 5.41) is 4.94. The Morgan fingerprint density at radius 3 is 2.68 bits per heavy atom. The topological polar surface area (TPSA) is 67.5 Å². The van der Waals surface area contributed by atoms with E-state index < -0.39 is 0 Å². The van der Waals surface area contributed by atoms with Crippen LogP contribution >= 0.6 is 23.6 Å². The first-order valence-electron chi connectivity index (χ1n) is 9.74. The van der Waals surface area contributed by atoms with Gasteiger partial charge in [-0.1, -0.05) is 0 Å². The average Bonchev–Trinajstić information content (AvgIpc) is 2.93. The summed E-state index contributed by atoms with van der Waals surface area (Å²) in [6.07, 6.45) is 1.08. The van der Waals surface area contributed by atoms with Crippen molar-refractivity contribution < 1.29 is 0 Å². The van der Waals surface area contributed by atoms with Gasteiger partial charge in [-0.3, -0.25) is 9.69 Å². The first-order chi connectivity index (χ1) is 13.3. The second-order valence-corrected chi connectivity index (χ2v) is 9.22. The third-order valence-electron chi connectivity index (χ3n) is 5.18. The molecule has 0 amide bonds. The molecule has 0 aliphatic carbocycles. The Kier molecular flexibility index (Phi) is 7.03. The fraction of sp³-hybridized carbons (Fsp3) is 0.632. The molecule has 2 aromatic rings. The van der Waals surface area contributed by atoms with Crippen LogP contribution < -0.4 is 10.9 Å². The molecule has 3 heterocycles. The smallest absolute Gasteiger partial charge is 0.259 e. The number of thiocarbonyl (C=S) groups is 1. The van der Waals surface area contributed by atoms with Gasteiger partial charge in [0.2, 0.25) is 0 Å². The predicted octanol–water partition coefficient (Wildman–Crippen LogP) is 1.55. The van der Waals surface area contributed by atoms with Crippen LogP contribution in [0.25, 0.3) is 10.2 Å². The Bertz CT molecular complexity index is 882. The van der Waals surface area contributed by atoms with E-state index in [1.165, 1.54) is 0 Å². The normalized spacial score (nSPS) is 15.5. The van der Waals surface area contributed by atoms with Crippen molar-refractivity contribution >= 4 is 38.9 Å². The van der Waals surface area contributed by atoms with Crippen LogP contribution in [0.3, 0.4) is 0 Å². The molecule has 7 nitrogen and oxygen atoms in total. The van der Waals surface area contributed by atoms with E-state index in [4.69, 9.17) is 17.2 Å². The summed E-state index contributed by atoms with van der Waals surface area (Å²) in [6, 6.07) is 0. The van der Waals surface area contributed by atoms with Crippen LogP contribution in [0.2, 0.25) is 0 Å². The fourth-order valence-electron chi connectivity index (χ4n) is 3.40. The van der Waals surface area contributed by atoms with Crippen LogP contribution in [0.5, 0.6) is 0 Å². The van der Waals surface area contributed by atoms with E-state index in [0.717, 1.165) is 77.3 Å². The number of aromatic nitrogens is 2. The number of rotatable bonds is 6. The molecule has 1 aliphatic rings. The fourth-order valence-corrected chi connectivity index (χ4v) is 4.73. The molecule has 3 rings (SSSR count). The van der Waals surface area contributed by atoms with Crippen molar-refractivity contribution in [1.82, 2.24) is 30.0 Å². The summed E-state index contributed by atoms with van der Waals surface area (Å²) < 4.78 is 0. The molecule has 0 radical (unpaired) electrons. The molecule has 0 atom stereocenters. The zero-order valence-electron chi connectivity index (χ0n) is 17.2. The lowest BCUT2D eigenvalue weighted by Gasteiger charge is -2.36. The standard InChI is InChI=1S/C19H30N6OS2/c1-13-14(2)28-18-16(13)17(26)21-15(22-18)12-24-8-10-25(11-9-24)19(27)20-6-5-7-23(3)4/h5-12H2,1-4H3,(H,20,27)(H,21,22,26). The van der Waals surface area contributed by atoms with Gasteiger partial charge in [-0.2, -0.15) is 0 Å². The van der Waals surface area contributed by atoms with E-state index >= 15 is 0 Å². The molecule has 9 heteroatoms.